The number of alkyl carbamates (subject to hydrolysis) is 1. The van der Waals surface area contributed by atoms with Crippen molar-refractivity contribution in [2.45, 2.75) is 32.4 Å². The standard InChI is InChI=1S/C10H21N3O4/c1-10(2,3)17-9(15)12-7(6-11)8(14)13(4)16-5/h7H,6,11H2,1-5H3,(H,12,15)/t7-/m0/s1. The molecule has 17 heavy (non-hydrogen) atoms. The highest BCUT2D eigenvalue weighted by atomic mass is 16.7. The van der Waals surface area contributed by atoms with Gasteiger partial charge in [0.25, 0.3) is 5.91 Å². The van der Waals surface area contributed by atoms with E-state index in [-0.39, 0.29) is 6.54 Å². The molecular formula is C10H21N3O4. The molecule has 0 bridgehead atoms. The predicted octanol–water partition coefficient (Wildman–Crippen LogP) is -0.142. The van der Waals surface area contributed by atoms with E-state index in [9.17, 15) is 9.59 Å². The van der Waals surface area contributed by atoms with Crippen LogP contribution in [0.15, 0.2) is 0 Å². The molecule has 0 heterocycles. The smallest absolute Gasteiger partial charge is 0.408 e. The van der Waals surface area contributed by atoms with E-state index in [0.717, 1.165) is 5.06 Å². The normalized spacial score (nSPS) is 12.8. The monoisotopic (exact) mass is 247 g/mol. The third kappa shape index (κ3) is 6.08. The summed E-state index contributed by atoms with van der Waals surface area (Å²) in [6.07, 6.45) is -0.689. The van der Waals surface area contributed by atoms with Crippen LogP contribution in [0.2, 0.25) is 0 Å². The van der Waals surface area contributed by atoms with Crippen molar-refractivity contribution in [1.29, 1.82) is 0 Å². The van der Waals surface area contributed by atoms with Crippen LogP contribution >= 0.6 is 0 Å². The van der Waals surface area contributed by atoms with Gasteiger partial charge in [0, 0.05) is 13.6 Å². The van der Waals surface area contributed by atoms with Gasteiger partial charge >= 0.3 is 6.09 Å². The molecule has 100 valence electrons. The van der Waals surface area contributed by atoms with Crippen LogP contribution in [0.5, 0.6) is 0 Å². The first-order chi connectivity index (χ1) is 7.71. The fourth-order valence-corrected chi connectivity index (χ4v) is 0.981. The first kappa shape index (κ1) is 15.7. The first-order valence-electron chi connectivity index (χ1n) is 5.22. The second-order valence-electron chi connectivity index (χ2n) is 4.45. The molecule has 2 amide bonds. The number of carbonyl (C=O) groups is 2. The minimum absolute atomic E-state index is 0.0359. The Labute approximate surface area is 101 Å². The van der Waals surface area contributed by atoms with Crippen molar-refractivity contribution in [3.8, 4) is 0 Å². The van der Waals surface area contributed by atoms with Gasteiger partial charge in [-0.1, -0.05) is 0 Å². The number of nitrogens with one attached hydrogen (secondary N) is 1. The van der Waals surface area contributed by atoms with E-state index in [2.05, 4.69) is 5.32 Å². The summed E-state index contributed by atoms with van der Waals surface area (Å²) in [4.78, 5) is 27.8. The van der Waals surface area contributed by atoms with Crippen molar-refractivity contribution in [1.82, 2.24) is 10.4 Å². The molecule has 0 aliphatic heterocycles. The number of rotatable bonds is 4. The highest BCUT2D eigenvalue weighted by molar-refractivity contribution is 5.85. The lowest BCUT2D eigenvalue weighted by Gasteiger charge is -2.24. The molecule has 0 spiro atoms. The molecule has 0 fully saturated rings. The summed E-state index contributed by atoms with van der Waals surface area (Å²) in [6.45, 7) is 5.15. The maximum absolute atomic E-state index is 11.7. The van der Waals surface area contributed by atoms with Gasteiger partial charge in [-0.25, -0.2) is 9.86 Å². The minimum Gasteiger partial charge on any atom is -0.444 e. The van der Waals surface area contributed by atoms with Gasteiger partial charge in [0.15, 0.2) is 0 Å². The molecule has 0 aromatic carbocycles. The molecule has 0 aromatic heterocycles. The van der Waals surface area contributed by atoms with Crippen molar-refractivity contribution in [2.24, 2.45) is 5.73 Å². The number of nitrogens with two attached hydrogens (primary N) is 1. The quantitative estimate of drug-likeness (QED) is 0.674. The maximum atomic E-state index is 11.7. The highest BCUT2D eigenvalue weighted by Crippen LogP contribution is 2.06. The van der Waals surface area contributed by atoms with Crippen molar-refractivity contribution >= 4 is 12.0 Å². The lowest BCUT2D eigenvalue weighted by atomic mass is 10.2. The third-order valence-electron chi connectivity index (χ3n) is 1.81. The van der Waals surface area contributed by atoms with Crippen molar-refractivity contribution < 1.29 is 19.2 Å². The van der Waals surface area contributed by atoms with Gasteiger partial charge < -0.3 is 15.8 Å². The molecule has 0 saturated heterocycles. The predicted molar refractivity (Wildman–Crippen MR) is 62.0 cm³/mol. The van der Waals surface area contributed by atoms with Gasteiger partial charge in [-0.2, -0.15) is 0 Å². The van der Waals surface area contributed by atoms with Crippen LogP contribution in [-0.4, -0.2) is 49.4 Å². The molecule has 1 atom stereocenters. The minimum atomic E-state index is -0.866. The van der Waals surface area contributed by atoms with E-state index >= 15 is 0 Å². The summed E-state index contributed by atoms with van der Waals surface area (Å²) in [5.41, 5.74) is 4.78. The van der Waals surface area contributed by atoms with Gasteiger partial charge in [-0.3, -0.25) is 9.63 Å². The molecule has 0 saturated carbocycles. The number of likely N-dealkylation sites (N-methyl/N-ethyl adjacent to an activating group) is 1. The number of nitrogens with zero attached hydrogens (tertiary/aromatic N) is 1. The summed E-state index contributed by atoms with van der Waals surface area (Å²) in [5, 5.41) is 3.38. The summed E-state index contributed by atoms with van der Waals surface area (Å²) >= 11 is 0. The lowest BCUT2D eigenvalue weighted by Crippen LogP contribution is -2.52. The van der Waals surface area contributed by atoms with E-state index in [1.54, 1.807) is 20.8 Å². The Balaban J connectivity index is 4.41. The molecule has 0 aromatic rings. The zero-order valence-electron chi connectivity index (χ0n) is 10.9. The third-order valence-corrected chi connectivity index (χ3v) is 1.81. The van der Waals surface area contributed by atoms with Gasteiger partial charge in [-0.15, -0.1) is 0 Å². The van der Waals surface area contributed by atoms with E-state index in [4.69, 9.17) is 15.3 Å². The summed E-state index contributed by atoms with van der Waals surface area (Å²) < 4.78 is 5.02. The van der Waals surface area contributed by atoms with Crippen molar-refractivity contribution in [3.05, 3.63) is 0 Å². The Morgan fingerprint density at radius 2 is 1.94 bits per heavy atom. The number of hydroxylamine groups is 2. The number of carbonyl (C=O) groups excluding carboxylic acids is 2. The van der Waals surface area contributed by atoms with Crippen LogP contribution in [-0.2, 0) is 14.4 Å². The number of hydrogen-bond acceptors (Lipinski definition) is 5. The molecule has 3 N–H and O–H groups in total. The molecule has 7 heteroatoms. The van der Waals surface area contributed by atoms with E-state index in [1.165, 1.54) is 14.2 Å². The molecule has 0 radical (unpaired) electrons. The van der Waals surface area contributed by atoms with Crippen molar-refractivity contribution in [3.63, 3.8) is 0 Å². The van der Waals surface area contributed by atoms with Gasteiger partial charge in [0.05, 0.1) is 7.11 Å². The second kappa shape index (κ2) is 6.41. The van der Waals surface area contributed by atoms with Crippen molar-refractivity contribution in [2.75, 3.05) is 20.7 Å². The fraction of sp³-hybridized carbons (Fsp3) is 0.800. The Kier molecular flexibility index (Phi) is 5.90. The number of ether oxygens (including phenoxy) is 1. The molecular weight excluding hydrogens is 226 g/mol. The highest BCUT2D eigenvalue weighted by Gasteiger charge is 2.25. The van der Waals surface area contributed by atoms with Crippen LogP contribution in [0.3, 0.4) is 0 Å². The Bertz CT molecular complexity index is 275. The molecule has 0 aliphatic carbocycles. The van der Waals surface area contributed by atoms with Crippen LogP contribution < -0.4 is 11.1 Å². The second-order valence-corrected chi connectivity index (χ2v) is 4.45. The summed E-state index contributed by atoms with van der Waals surface area (Å²) in [5.74, 6) is -0.444. The Morgan fingerprint density at radius 1 is 1.41 bits per heavy atom. The van der Waals surface area contributed by atoms with E-state index in [1.807, 2.05) is 0 Å². The van der Waals surface area contributed by atoms with Gasteiger partial charge in [0.2, 0.25) is 0 Å². The number of amides is 2. The SMILES string of the molecule is CON(C)C(=O)[C@H](CN)NC(=O)OC(C)(C)C. The summed E-state index contributed by atoms with van der Waals surface area (Å²) in [6, 6.07) is -0.866. The lowest BCUT2D eigenvalue weighted by molar-refractivity contribution is -0.170. The number of hydrogen-bond donors (Lipinski definition) is 2. The van der Waals surface area contributed by atoms with E-state index < -0.39 is 23.6 Å². The van der Waals surface area contributed by atoms with Crippen LogP contribution in [0.4, 0.5) is 4.79 Å². The van der Waals surface area contributed by atoms with Gasteiger partial charge in [-0.05, 0) is 20.8 Å². The van der Waals surface area contributed by atoms with Crippen LogP contribution in [0.1, 0.15) is 20.8 Å². The van der Waals surface area contributed by atoms with Crippen LogP contribution in [0.25, 0.3) is 0 Å². The zero-order valence-corrected chi connectivity index (χ0v) is 10.9. The fourth-order valence-electron chi connectivity index (χ4n) is 0.981. The average molecular weight is 247 g/mol. The zero-order chi connectivity index (χ0) is 13.6. The molecule has 0 rings (SSSR count). The van der Waals surface area contributed by atoms with Gasteiger partial charge in [0.1, 0.15) is 11.6 Å². The molecule has 0 aliphatic rings. The summed E-state index contributed by atoms with van der Waals surface area (Å²) in [7, 11) is 2.78. The Morgan fingerprint density at radius 3 is 2.29 bits per heavy atom. The molecule has 0 unspecified atom stereocenters. The van der Waals surface area contributed by atoms with Crippen LogP contribution in [0, 0.1) is 0 Å². The maximum Gasteiger partial charge on any atom is 0.408 e. The largest absolute Gasteiger partial charge is 0.444 e. The first-order valence-corrected chi connectivity index (χ1v) is 5.22. The average Bonchev–Trinajstić information content (AvgIpc) is 2.21. The Hall–Kier alpha value is -1.34. The topological polar surface area (TPSA) is 93.9 Å². The van der Waals surface area contributed by atoms with E-state index in [0.29, 0.717) is 0 Å². The molecule has 7 nitrogen and oxygen atoms in total.